The first-order chi connectivity index (χ1) is 7.61. The Balaban J connectivity index is 2.20. The van der Waals surface area contributed by atoms with E-state index >= 15 is 0 Å². The van der Waals surface area contributed by atoms with Crippen molar-refractivity contribution in [2.45, 2.75) is 25.9 Å². The first-order valence-electron chi connectivity index (χ1n) is 5.43. The summed E-state index contributed by atoms with van der Waals surface area (Å²) in [5.41, 5.74) is 2.75. The van der Waals surface area contributed by atoms with Crippen LogP contribution in [0.5, 0.6) is 0 Å². The van der Waals surface area contributed by atoms with E-state index in [1.54, 1.807) is 5.54 Å². The summed E-state index contributed by atoms with van der Waals surface area (Å²) in [6.45, 7) is 4.57. The summed E-state index contributed by atoms with van der Waals surface area (Å²) in [5.74, 6) is -0.900. The molecule has 0 atom stereocenters. The van der Waals surface area contributed by atoms with Crippen LogP contribution in [-0.4, -0.2) is 48.3 Å². The van der Waals surface area contributed by atoms with E-state index in [0.717, 1.165) is 38.0 Å². The summed E-state index contributed by atoms with van der Waals surface area (Å²) in [5, 5.41) is 8.49. The van der Waals surface area contributed by atoms with Crippen molar-refractivity contribution in [2.24, 2.45) is 0 Å². The number of carboxylic acid groups (broad SMARTS) is 1. The van der Waals surface area contributed by atoms with Gasteiger partial charge in [-0.1, -0.05) is 11.6 Å². The summed E-state index contributed by atoms with van der Waals surface area (Å²) in [6, 6.07) is 0. The summed E-state index contributed by atoms with van der Waals surface area (Å²) in [7, 11) is 0. The van der Waals surface area contributed by atoms with Gasteiger partial charge in [-0.2, -0.15) is 0 Å². The van der Waals surface area contributed by atoms with E-state index in [1.165, 1.54) is 0 Å². The van der Waals surface area contributed by atoms with E-state index in [-0.39, 0.29) is 12.7 Å². The van der Waals surface area contributed by atoms with E-state index in [4.69, 9.17) is 21.4 Å². The maximum absolute atomic E-state index is 10.3. The lowest BCUT2D eigenvalue weighted by Gasteiger charge is -2.31. The second-order valence-corrected chi connectivity index (χ2v) is 4.35. The summed E-state index contributed by atoms with van der Waals surface area (Å²) < 4.78 is 5.26. The highest BCUT2D eigenvalue weighted by atomic mass is 35.5. The lowest BCUT2D eigenvalue weighted by atomic mass is 10.1. The van der Waals surface area contributed by atoms with Crippen LogP contribution in [0, 0.1) is 0 Å². The van der Waals surface area contributed by atoms with Crippen LogP contribution in [0.15, 0.2) is 11.1 Å². The molecule has 92 valence electrons. The number of nitrogens with zero attached hydrogens (tertiary/aromatic N) is 1. The molecule has 1 rings (SSSR count). The number of rotatable bonds is 5. The zero-order chi connectivity index (χ0) is 12.0. The third-order valence-electron chi connectivity index (χ3n) is 2.64. The second-order valence-electron chi connectivity index (χ2n) is 4.14. The number of hydrogen-bond donors (Lipinski definition) is 1. The molecule has 0 spiro atoms. The zero-order valence-corrected chi connectivity index (χ0v) is 10.2. The van der Waals surface area contributed by atoms with Crippen molar-refractivity contribution in [1.82, 2.24) is 4.90 Å². The molecule has 0 saturated carbocycles. The fourth-order valence-corrected chi connectivity index (χ4v) is 1.88. The monoisotopic (exact) mass is 247 g/mol. The maximum Gasteiger partial charge on any atom is 0.329 e. The van der Waals surface area contributed by atoms with E-state index in [0.29, 0.717) is 0 Å². The largest absolute Gasteiger partial charge is 0.480 e. The third kappa shape index (κ3) is 4.96. The van der Waals surface area contributed by atoms with Gasteiger partial charge in [-0.05, 0) is 25.3 Å². The number of carbonyl (C=O) groups is 1. The molecule has 0 bridgehead atoms. The lowest BCUT2D eigenvalue weighted by Crippen LogP contribution is -2.38. The molecule has 1 fully saturated rings. The Bertz CT molecular complexity index is 260. The molecule has 1 saturated heterocycles. The van der Waals surface area contributed by atoms with Crippen LogP contribution in [0.4, 0.5) is 0 Å². The normalized spacial score (nSPS) is 20.0. The zero-order valence-electron chi connectivity index (χ0n) is 9.49. The van der Waals surface area contributed by atoms with Gasteiger partial charge < -0.3 is 9.84 Å². The van der Waals surface area contributed by atoms with Gasteiger partial charge in [0.1, 0.15) is 6.61 Å². The Morgan fingerprint density at radius 1 is 1.56 bits per heavy atom. The molecule has 1 aliphatic heterocycles. The number of ether oxygens (including phenoxy) is 1. The lowest BCUT2D eigenvalue weighted by molar-refractivity contribution is -0.145. The summed E-state index contributed by atoms with van der Waals surface area (Å²) in [4.78, 5) is 12.6. The quantitative estimate of drug-likeness (QED) is 0.803. The summed E-state index contributed by atoms with van der Waals surface area (Å²) in [6.07, 6.45) is 1.87. The van der Waals surface area contributed by atoms with Crippen LogP contribution in [0.3, 0.4) is 0 Å². The van der Waals surface area contributed by atoms with Crippen LogP contribution >= 0.6 is 11.6 Å². The van der Waals surface area contributed by atoms with Crippen molar-refractivity contribution in [2.75, 3.05) is 26.2 Å². The van der Waals surface area contributed by atoms with E-state index in [2.05, 4.69) is 4.90 Å². The highest BCUT2D eigenvalue weighted by Crippen LogP contribution is 2.14. The van der Waals surface area contributed by atoms with Crippen molar-refractivity contribution in [3.05, 3.63) is 11.1 Å². The predicted molar refractivity (Wildman–Crippen MR) is 62.7 cm³/mol. The first kappa shape index (κ1) is 13.5. The standard InChI is InChI=1S/C11H18ClNO3/c1-9(6-12)7-13-4-2-10(3-5-13)16-8-11(14)15/h6,10H,2-5,7-8H2,1H3,(H,14,15). The Morgan fingerprint density at radius 3 is 2.69 bits per heavy atom. The molecule has 0 radical (unpaired) electrons. The average Bonchev–Trinajstić information content (AvgIpc) is 2.28. The molecular weight excluding hydrogens is 230 g/mol. The molecule has 1 aliphatic rings. The van der Waals surface area contributed by atoms with Crippen LogP contribution in [-0.2, 0) is 9.53 Å². The molecule has 0 aliphatic carbocycles. The smallest absolute Gasteiger partial charge is 0.329 e. The average molecular weight is 248 g/mol. The van der Waals surface area contributed by atoms with Gasteiger partial charge >= 0.3 is 5.97 Å². The molecule has 0 aromatic rings. The Morgan fingerprint density at radius 2 is 2.19 bits per heavy atom. The minimum Gasteiger partial charge on any atom is -0.480 e. The van der Waals surface area contributed by atoms with Crippen molar-refractivity contribution in [3.8, 4) is 0 Å². The molecule has 0 unspecified atom stereocenters. The van der Waals surface area contributed by atoms with Crippen molar-refractivity contribution < 1.29 is 14.6 Å². The Labute approximate surface area is 101 Å². The van der Waals surface area contributed by atoms with Gasteiger partial charge in [0.05, 0.1) is 6.10 Å². The van der Waals surface area contributed by atoms with Gasteiger partial charge in [0, 0.05) is 25.2 Å². The van der Waals surface area contributed by atoms with Gasteiger partial charge in [-0.25, -0.2) is 4.79 Å². The number of aliphatic carboxylic acids is 1. The number of carboxylic acids is 1. The topological polar surface area (TPSA) is 49.8 Å². The molecule has 0 aromatic heterocycles. The number of likely N-dealkylation sites (tertiary alicyclic amines) is 1. The van der Waals surface area contributed by atoms with Crippen LogP contribution < -0.4 is 0 Å². The molecule has 1 N–H and O–H groups in total. The molecule has 5 heteroatoms. The number of piperidine rings is 1. The maximum atomic E-state index is 10.3. The van der Waals surface area contributed by atoms with E-state index < -0.39 is 5.97 Å². The fourth-order valence-electron chi connectivity index (χ4n) is 1.81. The molecule has 0 aromatic carbocycles. The molecule has 0 amide bonds. The van der Waals surface area contributed by atoms with E-state index in [9.17, 15) is 4.79 Å². The van der Waals surface area contributed by atoms with Gasteiger partial charge in [-0.3, -0.25) is 4.90 Å². The SMILES string of the molecule is CC(=CCl)CN1CCC(OCC(=O)O)CC1. The minimum atomic E-state index is -0.900. The first-order valence-corrected chi connectivity index (χ1v) is 5.87. The highest BCUT2D eigenvalue weighted by molar-refractivity contribution is 6.25. The van der Waals surface area contributed by atoms with Crippen molar-refractivity contribution in [1.29, 1.82) is 0 Å². The molecule has 4 nitrogen and oxygen atoms in total. The highest BCUT2D eigenvalue weighted by Gasteiger charge is 2.20. The molecule has 16 heavy (non-hydrogen) atoms. The molecular formula is C11H18ClNO3. The Hall–Kier alpha value is -0.580. The summed E-state index contributed by atoms with van der Waals surface area (Å²) >= 11 is 5.61. The van der Waals surface area contributed by atoms with Crippen LogP contribution in [0.25, 0.3) is 0 Å². The van der Waals surface area contributed by atoms with Crippen molar-refractivity contribution >= 4 is 17.6 Å². The second kappa shape index (κ2) is 6.89. The van der Waals surface area contributed by atoms with Gasteiger partial charge in [0.15, 0.2) is 0 Å². The van der Waals surface area contributed by atoms with Crippen molar-refractivity contribution in [3.63, 3.8) is 0 Å². The van der Waals surface area contributed by atoms with Gasteiger partial charge in [0.2, 0.25) is 0 Å². The third-order valence-corrected chi connectivity index (χ3v) is 3.01. The fraction of sp³-hybridized carbons (Fsp3) is 0.727. The van der Waals surface area contributed by atoms with E-state index in [1.807, 2.05) is 6.92 Å². The van der Waals surface area contributed by atoms with Crippen LogP contribution in [0.1, 0.15) is 19.8 Å². The number of hydrogen-bond acceptors (Lipinski definition) is 3. The minimum absolute atomic E-state index is 0.0904. The van der Waals surface area contributed by atoms with Gasteiger partial charge in [0.25, 0.3) is 0 Å². The van der Waals surface area contributed by atoms with Gasteiger partial charge in [-0.15, -0.1) is 0 Å². The number of halogens is 1. The van der Waals surface area contributed by atoms with Crippen LogP contribution in [0.2, 0.25) is 0 Å². The predicted octanol–water partition coefficient (Wildman–Crippen LogP) is 1.69. The Kier molecular flexibility index (Phi) is 5.80. The molecule has 1 heterocycles.